The van der Waals surface area contributed by atoms with Crippen molar-refractivity contribution in [2.75, 3.05) is 6.26 Å². The predicted octanol–water partition coefficient (Wildman–Crippen LogP) is 5.00. The number of ether oxygens (including phenoxy) is 1. The standard InChI is InChI=1S/C21H13Cl2F2N3O4S/c1-10-3-13(22)5-16(23)19(10)32-21-11(8-26)4-12(9-27-21)14-6-18(25)15(7-17(14)24)20(29)28-33(2,30)31/h3-7,9H,1-2H3,(H,28,29). The summed E-state index contributed by atoms with van der Waals surface area (Å²) in [5, 5.41) is 10.1. The monoisotopic (exact) mass is 511 g/mol. The molecule has 1 amide bonds. The summed E-state index contributed by atoms with van der Waals surface area (Å²) in [7, 11) is -3.98. The van der Waals surface area contributed by atoms with Gasteiger partial charge in [-0.3, -0.25) is 4.79 Å². The molecule has 1 N–H and O–H groups in total. The predicted molar refractivity (Wildman–Crippen MR) is 118 cm³/mol. The highest BCUT2D eigenvalue weighted by atomic mass is 35.5. The average Bonchev–Trinajstić information content (AvgIpc) is 2.70. The molecule has 0 saturated carbocycles. The first-order valence-corrected chi connectivity index (χ1v) is 11.6. The lowest BCUT2D eigenvalue weighted by molar-refractivity contribution is 0.0977. The summed E-state index contributed by atoms with van der Waals surface area (Å²) in [6.45, 7) is 1.69. The van der Waals surface area contributed by atoms with Gasteiger partial charge < -0.3 is 4.74 Å². The van der Waals surface area contributed by atoms with Crippen molar-refractivity contribution in [3.8, 4) is 28.8 Å². The highest BCUT2D eigenvalue weighted by Crippen LogP contribution is 2.36. The zero-order valence-electron chi connectivity index (χ0n) is 16.9. The smallest absolute Gasteiger partial charge is 0.267 e. The van der Waals surface area contributed by atoms with E-state index in [4.69, 9.17) is 27.9 Å². The number of nitriles is 1. The van der Waals surface area contributed by atoms with E-state index in [1.807, 2.05) is 6.07 Å². The number of hydrogen-bond acceptors (Lipinski definition) is 6. The van der Waals surface area contributed by atoms with Gasteiger partial charge in [-0.15, -0.1) is 0 Å². The van der Waals surface area contributed by atoms with Crippen molar-refractivity contribution in [3.05, 3.63) is 74.9 Å². The quantitative estimate of drug-likeness (QED) is 0.516. The van der Waals surface area contributed by atoms with Crippen molar-refractivity contribution in [3.63, 3.8) is 0 Å². The number of carbonyl (C=O) groups excluding carboxylic acids is 1. The lowest BCUT2D eigenvalue weighted by atomic mass is 10.0. The summed E-state index contributed by atoms with van der Waals surface area (Å²) in [5.41, 5.74) is -0.609. The summed E-state index contributed by atoms with van der Waals surface area (Å²) < 4.78 is 58.7. The largest absolute Gasteiger partial charge is 0.436 e. The van der Waals surface area contributed by atoms with E-state index >= 15 is 0 Å². The van der Waals surface area contributed by atoms with E-state index in [0.29, 0.717) is 29.0 Å². The van der Waals surface area contributed by atoms with Gasteiger partial charge in [0.25, 0.3) is 5.91 Å². The van der Waals surface area contributed by atoms with Gasteiger partial charge in [0.1, 0.15) is 23.3 Å². The van der Waals surface area contributed by atoms with Gasteiger partial charge in [0, 0.05) is 22.3 Å². The van der Waals surface area contributed by atoms with Crippen LogP contribution in [-0.4, -0.2) is 25.6 Å². The summed E-state index contributed by atoms with van der Waals surface area (Å²) >= 11 is 12.1. The molecule has 0 aliphatic rings. The molecule has 12 heteroatoms. The Morgan fingerprint density at radius 3 is 2.45 bits per heavy atom. The number of hydrogen-bond donors (Lipinski definition) is 1. The molecular weight excluding hydrogens is 499 g/mol. The first kappa shape index (κ1) is 24.4. The van der Waals surface area contributed by atoms with Crippen LogP contribution in [0.3, 0.4) is 0 Å². The maximum Gasteiger partial charge on any atom is 0.267 e. The molecular formula is C21H13Cl2F2N3O4S. The van der Waals surface area contributed by atoms with Gasteiger partial charge in [0.05, 0.1) is 16.8 Å². The highest BCUT2D eigenvalue weighted by Gasteiger charge is 2.21. The molecule has 1 heterocycles. The fourth-order valence-electron chi connectivity index (χ4n) is 2.84. The Kier molecular flexibility index (Phi) is 6.88. The summed E-state index contributed by atoms with van der Waals surface area (Å²) in [6.07, 6.45) is 1.84. The molecule has 7 nitrogen and oxygen atoms in total. The van der Waals surface area contributed by atoms with Crippen LogP contribution in [0.5, 0.6) is 11.6 Å². The third-order valence-corrected chi connectivity index (χ3v) is 5.31. The second-order valence-electron chi connectivity index (χ2n) is 6.84. The topological polar surface area (TPSA) is 109 Å². The van der Waals surface area contributed by atoms with Gasteiger partial charge in [0.15, 0.2) is 5.75 Å². The first-order valence-electron chi connectivity index (χ1n) is 8.94. The Morgan fingerprint density at radius 1 is 1.15 bits per heavy atom. The number of aromatic nitrogens is 1. The van der Waals surface area contributed by atoms with E-state index in [1.54, 1.807) is 17.7 Å². The highest BCUT2D eigenvalue weighted by molar-refractivity contribution is 7.89. The van der Waals surface area contributed by atoms with E-state index in [9.17, 15) is 27.3 Å². The Balaban J connectivity index is 2.00. The van der Waals surface area contributed by atoms with Crippen LogP contribution in [0.2, 0.25) is 10.0 Å². The fourth-order valence-corrected chi connectivity index (χ4v) is 3.92. The van der Waals surface area contributed by atoms with Crippen molar-refractivity contribution in [1.29, 1.82) is 5.26 Å². The number of sulfonamides is 1. The fraction of sp³-hybridized carbons (Fsp3) is 0.0952. The average molecular weight is 512 g/mol. The molecule has 3 aromatic rings. The minimum atomic E-state index is -3.98. The molecule has 0 saturated heterocycles. The lowest BCUT2D eigenvalue weighted by Gasteiger charge is -2.13. The Labute approximate surface area is 197 Å². The molecule has 2 aromatic carbocycles. The number of halogens is 4. The molecule has 0 radical (unpaired) electrons. The third-order valence-electron chi connectivity index (χ3n) is 4.25. The van der Waals surface area contributed by atoms with Gasteiger partial charge in [-0.05, 0) is 42.8 Å². The normalized spacial score (nSPS) is 11.1. The summed E-state index contributed by atoms with van der Waals surface area (Å²) in [5.74, 6) is -3.44. The summed E-state index contributed by atoms with van der Waals surface area (Å²) in [6, 6.07) is 7.38. The number of amides is 1. The Morgan fingerprint density at radius 2 is 1.85 bits per heavy atom. The molecule has 0 aliphatic heterocycles. The minimum absolute atomic E-state index is 0.0179. The number of rotatable bonds is 5. The molecule has 0 fully saturated rings. The van der Waals surface area contributed by atoms with Crippen LogP contribution in [0.4, 0.5) is 8.78 Å². The number of benzene rings is 2. The van der Waals surface area contributed by atoms with Crippen LogP contribution in [0.15, 0.2) is 36.5 Å². The number of nitrogens with zero attached hydrogens (tertiary/aromatic N) is 2. The minimum Gasteiger partial charge on any atom is -0.436 e. The zero-order valence-corrected chi connectivity index (χ0v) is 19.2. The SMILES string of the molecule is Cc1cc(Cl)cc(Cl)c1Oc1ncc(-c2cc(F)c(C(=O)NS(C)(=O)=O)cc2F)cc1C#N. The Hall–Kier alpha value is -3.26. The molecule has 3 rings (SSSR count). The van der Waals surface area contributed by atoms with Crippen molar-refractivity contribution >= 4 is 39.1 Å². The molecule has 0 atom stereocenters. The molecule has 0 unspecified atom stereocenters. The molecule has 0 spiro atoms. The van der Waals surface area contributed by atoms with Crippen LogP contribution < -0.4 is 9.46 Å². The van der Waals surface area contributed by atoms with E-state index in [1.165, 1.54) is 12.1 Å². The maximum atomic E-state index is 14.7. The molecule has 0 aliphatic carbocycles. The number of carbonyl (C=O) groups is 1. The number of nitrogens with one attached hydrogen (secondary N) is 1. The van der Waals surface area contributed by atoms with Gasteiger partial charge in [-0.1, -0.05) is 23.2 Å². The zero-order chi connectivity index (χ0) is 24.5. The van der Waals surface area contributed by atoms with Crippen molar-refractivity contribution in [1.82, 2.24) is 9.71 Å². The van der Waals surface area contributed by atoms with Gasteiger partial charge in [-0.2, -0.15) is 5.26 Å². The molecule has 33 heavy (non-hydrogen) atoms. The van der Waals surface area contributed by atoms with Crippen molar-refractivity contribution < 1.29 is 26.7 Å². The van der Waals surface area contributed by atoms with Crippen molar-refractivity contribution in [2.45, 2.75) is 6.92 Å². The van der Waals surface area contributed by atoms with E-state index in [0.717, 1.165) is 6.20 Å². The molecule has 0 bridgehead atoms. The van der Waals surface area contributed by atoms with Crippen molar-refractivity contribution in [2.24, 2.45) is 0 Å². The van der Waals surface area contributed by atoms with E-state index < -0.39 is 33.1 Å². The van der Waals surface area contributed by atoms with Gasteiger partial charge in [-0.25, -0.2) is 26.9 Å². The van der Waals surface area contributed by atoms with Crippen LogP contribution in [0.25, 0.3) is 11.1 Å². The molecule has 170 valence electrons. The second-order valence-corrected chi connectivity index (χ2v) is 9.43. The number of aryl methyl sites for hydroxylation is 1. The van der Waals surface area contributed by atoms with E-state index in [2.05, 4.69) is 4.98 Å². The van der Waals surface area contributed by atoms with Gasteiger partial charge in [0.2, 0.25) is 15.9 Å². The van der Waals surface area contributed by atoms with Crippen LogP contribution in [0.1, 0.15) is 21.5 Å². The summed E-state index contributed by atoms with van der Waals surface area (Å²) in [4.78, 5) is 15.9. The van der Waals surface area contributed by atoms with Crippen LogP contribution >= 0.6 is 23.2 Å². The van der Waals surface area contributed by atoms with E-state index in [-0.39, 0.29) is 33.3 Å². The van der Waals surface area contributed by atoms with Crippen LogP contribution in [-0.2, 0) is 10.0 Å². The second kappa shape index (κ2) is 9.31. The van der Waals surface area contributed by atoms with Gasteiger partial charge >= 0.3 is 0 Å². The first-order chi connectivity index (χ1) is 15.4. The lowest BCUT2D eigenvalue weighted by Crippen LogP contribution is -2.30. The number of pyridine rings is 1. The maximum absolute atomic E-state index is 14.7. The molecule has 1 aromatic heterocycles. The third kappa shape index (κ3) is 5.57. The van der Waals surface area contributed by atoms with Crippen LogP contribution in [0, 0.1) is 29.9 Å². The Bertz CT molecular complexity index is 1420.